The molecule has 0 aliphatic rings. The van der Waals surface area contributed by atoms with E-state index < -0.39 is 17.7 Å². The van der Waals surface area contributed by atoms with Gasteiger partial charge in [0.05, 0.1) is 12.1 Å². The Morgan fingerprint density at radius 1 is 0.786 bits per heavy atom. The van der Waals surface area contributed by atoms with Gasteiger partial charge >= 0.3 is 6.09 Å². The Bertz CT molecular complexity index is 773. The first kappa shape index (κ1) is 19.6. The molecule has 0 aliphatic carbocycles. The highest BCUT2D eigenvalue weighted by Gasteiger charge is 2.37. The van der Waals surface area contributed by atoms with Crippen LogP contribution in [0.5, 0.6) is 0 Å². The van der Waals surface area contributed by atoms with Crippen LogP contribution in [0.4, 0.5) is 4.79 Å². The largest absolute Gasteiger partial charge is 0.465 e. The zero-order valence-corrected chi connectivity index (χ0v) is 15.5. The fourth-order valence-corrected chi connectivity index (χ4v) is 3.49. The van der Waals surface area contributed by atoms with Gasteiger partial charge in [-0.3, -0.25) is 5.32 Å². The molecule has 5 nitrogen and oxygen atoms in total. The average molecular weight is 376 g/mol. The predicted molar refractivity (Wildman–Crippen MR) is 109 cm³/mol. The van der Waals surface area contributed by atoms with Crippen molar-refractivity contribution in [1.82, 2.24) is 10.6 Å². The van der Waals surface area contributed by atoms with Crippen LogP contribution in [0.15, 0.2) is 91.0 Å². The van der Waals surface area contributed by atoms with Crippen molar-refractivity contribution in [3.8, 4) is 0 Å². The molecule has 0 saturated heterocycles. The molecule has 0 heterocycles. The lowest BCUT2D eigenvalue weighted by Crippen LogP contribution is -2.54. The molecule has 0 bridgehead atoms. The van der Waals surface area contributed by atoms with E-state index >= 15 is 0 Å². The molecule has 4 N–H and O–H groups in total. The molecule has 0 spiro atoms. The minimum absolute atomic E-state index is 0.0834. The van der Waals surface area contributed by atoms with Crippen LogP contribution in [0.3, 0.4) is 0 Å². The molecule has 3 aromatic carbocycles. The van der Waals surface area contributed by atoms with Crippen molar-refractivity contribution >= 4 is 6.09 Å². The minimum Gasteiger partial charge on any atom is -0.465 e. The highest BCUT2D eigenvalue weighted by molar-refractivity contribution is 5.64. The Balaban J connectivity index is 2.17. The topological polar surface area (TPSA) is 81.6 Å². The maximum Gasteiger partial charge on any atom is 0.404 e. The van der Waals surface area contributed by atoms with E-state index in [0.717, 1.165) is 16.7 Å². The Hall–Kier alpha value is -3.15. The highest BCUT2D eigenvalue weighted by Crippen LogP contribution is 2.37. The van der Waals surface area contributed by atoms with Gasteiger partial charge in [0, 0.05) is 12.6 Å². The van der Waals surface area contributed by atoms with Crippen molar-refractivity contribution < 1.29 is 15.0 Å². The fourth-order valence-electron chi connectivity index (χ4n) is 3.49. The van der Waals surface area contributed by atoms with E-state index in [1.54, 1.807) is 0 Å². The molecule has 5 heteroatoms. The first-order valence-corrected chi connectivity index (χ1v) is 9.18. The van der Waals surface area contributed by atoms with Gasteiger partial charge in [-0.1, -0.05) is 91.0 Å². The quantitative estimate of drug-likeness (QED) is 0.455. The second-order valence-electron chi connectivity index (χ2n) is 6.56. The highest BCUT2D eigenvalue weighted by atomic mass is 16.4. The van der Waals surface area contributed by atoms with E-state index in [0.29, 0.717) is 0 Å². The second-order valence-corrected chi connectivity index (χ2v) is 6.56. The number of aliphatic hydroxyl groups is 1. The maximum absolute atomic E-state index is 11.0. The number of carbonyl (C=O) groups is 1. The summed E-state index contributed by atoms with van der Waals surface area (Å²) < 4.78 is 0. The normalized spacial score (nSPS) is 12.3. The monoisotopic (exact) mass is 376 g/mol. The summed E-state index contributed by atoms with van der Waals surface area (Å²) in [6, 6.07) is 29.4. The lowest BCUT2D eigenvalue weighted by atomic mass is 9.76. The number of rotatable bonds is 8. The number of carboxylic acid groups (broad SMARTS) is 1. The van der Waals surface area contributed by atoms with E-state index in [4.69, 9.17) is 5.11 Å². The van der Waals surface area contributed by atoms with Crippen molar-refractivity contribution in [2.24, 2.45) is 0 Å². The smallest absolute Gasteiger partial charge is 0.404 e. The molecule has 1 atom stereocenters. The summed E-state index contributed by atoms with van der Waals surface area (Å²) in [6.45, 7) is -0.130. The van der Waals surface area contributed by atoms with Crippen LogP contribution in [0.2, 0.25) is 0 Å². The fraction of sp³-hybridized carbons (Fsp3) is 0.174. The van der Waals surface area contributed by atoms with Gasteiger partial charge < -0.3 is 15.5 Å². The number of hydrogen-bond acceptors (Lipinski definition) is 3. The van der Waals surface area contributed by atoms with Gasteiger partial charge in [-0.25, -0.2) is 4.79 Å². The summed E-state index contributed by atoms with van der Waals surface area (Å²) >= 11 is 0. The van der Waals surface area contributed by atoms with Crippen LogP contribution in [0.1, 0.15) is 16.7 Å². The summed E-state index contributed by atoms with van der Waals surface area (Å²) in [4.78, 5) is 11.0. The summed E-state index contributed by atoms with van der Waals surface area (Å²) in [6.07, 6.45) is -1.12. The SMILES string of the molecule is O=C(O)NC[C@@H](CO)NC(c1ccccc1)(c1ccccc1)c1ccccc1. The van der Waals surface area contributed by atoms with Crippen LogP contribution >= 0.6 is 0 Å². The lowest BCUT2D eigenvalue weighted by Gasteiger charge is -2.40. The standard InChI is InChI=1S/C23H24N2O3/c26-17-21(16-24-22(27)28)25-23(18-10-4-1-5-11-18,19-12-6-2-7-13-19)20-14-8-3-9-15-20/h1-15,21,24-26H,16-17H2,(H,27,28)/t21-/m0/s1. The molecule has 0 radical (unpaired) electrons. The van der Waals surface area contributed by atoms with Gasteiger partial charge in [0.2, 0.25) is 0 Å². The van der Waals surface area contributed by atoms with E-state index in [2.05, 4.69) is 10.6 Å². The van der Waals surface area contributed by atoms with Crippen LogP contribution in [-0.2, 0) is 5.54 Å². The molecule has 1 amide bonds. The Labute approximate surface area is 164 Å². The number of nitrogens with one attached hydrogen (secondary N) is 2. The zero-order valence-electron chi connectivity index (χ0n) is 15.5. The van der Waals surface area contributed by atoms with Crippen molar-refractivity contribution in [3.05, 3.63) is 108 Å². The summed E-state index contributed by atoms with van der Waals surface area (Å²) in [5, 5.41) is 24.8. The minimum atomic E-state index is -1.12. The van der Waals surface area contributed by atoms with E-state index in [9.17, 15) is 9.90 Å². The van der Waals surface area contributed by atoms with E-state index in [1.807, 2.05) is 91.0 Å². The van der Waals surface area contributed by atoms with Crippen molar-refractivity contribution in [2.75, 3.05) is 13.2 Å². The van der Waals surface area contributed by atoms with Crippen molar-refractivity contribution in [3.63, 3.8) is 0 Å². The van der Waals surface area contributed by atoms with Crippen LogP contribution < -0.4 is 10.6 Å². The molecule has 0 aliphatic heterocycles. The molecule has 3 aromatic rings. The molecule has 144 valence electrons. The van der Waals surface area contributed by atoms with Crippen molar-refractivity contribution in [2.45, 2.75) is 11.6 Å². The van der Waals surface area contributed by atoms with Crippen LogP contribution in [-0.4, -0.2) is 35.5 Å². The molecule has 0 unspecified atom stereocenters. The molecule has 0 aromatic heterocycles. The van der Waals surface area contributed by atoms with Gasteiger partial charge in [-0.05, 0) is 16.7 Å². The van der Waals surface area contributed by atoms with Gasteiger partial charge in [0.15, 0.2) is 0 Å². The predicted octanol–water partition coefficient (Wildman–Crippen LogP) is 3.20. The molecule has 28 heavy (non-hydrogen) atoms. The lowest BCUT2D eigenvalue weighted by molar-refractivity contribution is 0.184. The molecule has 0 fully saturated rings. The first-order valence-electron chi connectivity index (χ1n) is 9.18. The summed E-state index contributed by atoms with van der Waals surface area (Å²) in [5.74, 6) is 0. The molecular weight excluding hydrogens is 352 g/mol. The Morgan fingerprint density at radius 2 is 1.18 bits per heavy atom. The second kappa shape index (κ2) is 9.17. The zero-order chi connectivity index (χ0) is 19.8. The van der Waals surface area contributed by atoms with E-state index in [-0.39, 0.29) is 13.2 Å². The molecule has 0 saturated carbocycles. The third-order valence-corrected chi connectivity index (χ3v) is 4.76. The third-order valence-electron chi connectivity index (χ3n) is 4.76. The Morgan fingerprint density at radius 3 is 1.50 bits per heavy atom. The van der Waals surface area contributed by atoms with Gasteiger partial charge in [0.25, 0.3) is 0 Å². The number of hydrogen-bond donors (Lipinski definition) is 4. The van der Waals surface area contributed by atoms with Crippen LogP contribution in [0.25, 0.3) is 0 Å². The first-order chi connectivity index (χ1) is 13.7. The van der Waals surface area contributed by atoms with Gasteiger partial charge in [-0.15, -0.1) is 0 Å². The number of amides is 1. The third kappa shape index (κ3) is 4.22. The molecular formula is C23H24N2O3. The van der Waals surface area contributed by atoms with Crippen molar-refractivity contribution in [1.29, 1.82) is 0 Å². The number of benzene rings is 3. The summed E-state index contributed by atoms with van der Waals surface area (Å²) in [7, 11) is 0. The maximum atomic E-state index is 11.0. The van der Waals surface area contributed by atoms with Crippen LogP contribution in [0, 0.1) is 0 Å². The van der Waals surface area contributed by atoms with Gasteiger partial charge in [-0.2, -0.15) is 0 Å². The summed E-state index contributed by atoms with van der Waals surface area (Å²) in [5.41, 5.74) is 2.25. The molecule has 3 rings (SSSR count). The van der Waals surface area contributed by atoms with Gasteiger partial charge in [0.1, 0.15) is 0 Å². The number of aliphatic hydroxyl groups excluding tert-OH is 1. The average Bonchev–Trinajstić information content (AvgIpc) is 2.76. The van der Waals surface area contributed by atoms with E-state index in [1.165, 1.54) is 0 Å². The Kier molecular flexibility index (Phi) is 6.42.